The Kier molecular flexibility index (Phi) is 3.90. The van der Waals surface area contributed by atoms with E-state index in [2.05, 4.69) is 0 Å². The summed E-state index contributed by atoms with van der Waals surface area (Å²) in [6.07, 6.45) is 0. The van der Waals surface area contributed by atoms with E-state index in [-0.39, 0.29) is 14.9 Å². The van der Waals surface area contributed by atoms with Gasteiger partial charge in [-0.1, -0.05) is 23.8 Å². The van der Waals surface area contributed by atoms with E-state index in [9.17, 15) is 8.42 Å². The van der Waals surface area contributed by atoms with E-state index in [1.54, 1.807) is 0 Å². The molecule has 0 heterocycles. The minimum absolute atomic E-state index is 0.113. The Morgan fingerprint density at radius 2 is 2.00 bits per heavy atom. The molecule has 1 rings (SSSR count). The maximum absolute atomic E-state index is 11.8. The standard InChI is InChI=1S/C9H11ClN2O2S2/c1-12(2)16(13,14)6-3-4-7(9(11)15)8(10)5-6/h3-5H,1-2H3,(H2,11,15). The van der Waals surface area contributed by atoms with Crippen LogP contribution >= 0.6 is 23.8 Å². The highest BCUT2D eigenvalue weighted by atomic mass is 35.5. The van der Waals surface area contributed by atoms with Crippen molar-refractivity contribution in [1.82, 2.24) is 4.31 Å². The molecule has 0 amide bonds. The molecular formula is C9H11ClN2O2S2. The molecule has 0 radical (unpaired) electrons. The molecule has 0 aliphatic carbocycles. The van der Waals surface area contributed by atoms with Crippen LogP contribution in [0.25, 0.3) is 0 Å². The second-order valence-corrected chi connectivity index (χ2v) is 6.29. The topological polar surface area (TPSA) is 63.4 Å². The molecule has 0 aliphatic heterocycles. The van der Waals surface area contributed by atoms with Crippen molar-refractivity contribution in [3.05, 3.63) is 28.8 Å². The summed E-state index contributed by atoms with van der Waals surface area (Å²) >= 11 is 10.7. The smallest absolute Gasteiger partial charge is 0.242 e. The number of benzene rings is 1. The molecule has 0 aliphatic rings. The largest absolute Gasteiger partial charge is 0.389 e. The lowest BCUT2D eigenvalue weighted by Gasteiger charge is -2.12. The molecule has 0 spiro atoms. The Labute approximate surface area is 105 Å². The van der Waals surface area contributed by atoms with Gasteiger partial charge in [0.15, 0.2) is 0 Å². The molecule has 4 nitrogen and oxygen atoms in total. The predicted molar refractivity (Wildman–Crippen MR) is 68.2 cm³/mol. The van der Waals surface area contributed by atoms with Crippen LogP contribution in [0.2, 0.25) is 5.02 Å². The van der Waals surface area contributed by atoms with Gasteiger partial charge in [-0.2, -0.15) is 0 Å². The minimum Gasteiger partial charge on any atom is -0.389 e. The summed E-state index contributed by atoms with van der Waals surface area (Å²) in [5.74, 6) is 0. The molecule has 0 saturated heterocycles. The van der Waals surface area contributed by atoms with E-state index in [0.717, 1.165) is 4.31 Å². The SMILES string of the molecule is CN(C)S(=O)(=O)c1ccc(C(N)=S)c(Cl)c1. The fraction of sp³-hybridized carbons (Fsp3) is 0.222. The van der Waals surface area contributed by atoms with Crippen LogP contribution < -0.4 is 5.73 Å². The number of halogens is 1. The van der Waals surface area contributed by atoms with Gasteiger partial charge in [-0.3, -0.25) is 0 Å². The number of rotatable bonds is 3. The highest BCUT2D eigenvalue weighted by Crippen LogP contribution is 2.22. The first-order chi connectivity index (χ1) is 7.26. The lowest BCUT2D eigenvalue weighted by Crippen LogP contribution is -2.22. The second-order valence-electron chi connectivity index (χ2n) is 3.29. The summed E-state index contributed by atoms with van der Waals surface area (Å²) in [5, 5.41) is 0.232. The van der Waals surface area contributed by atoms with Crippen molar-refractivity contribution in [2.24, 2.45) is 5.73 Å². The van der Waals surface area contributed by atoms with Crippen LogP contribution in [0.3, 0.4) is 0 Å². The van der Waals surface area contributed by atoms with Crippen LogP contribution in [0.4, 0.5) is 0 Å². The summed E-state index contributed by atoms with van der Waals surface area (Å²) in [4.78, 5) is 0.251. The van der Waals surface area contributed by atoms with Crippen molar-refractivity contribution < 1.29 is 8.42 Å². The van der Waals surface area contributed by atoms with E-state index in [4.69, 9.17) is 29.6 Å². The van der Waals surface area contributed by atoms with Crippen molar-refractivity contribution in [2.75, 3.05) is 14.1 Å². The first-order valence-electron chi connectivity index (χ1n) is 4.28. The fourth-order valence-electron chi connectivity index (χ4n) is 1.07. The molecule has 2 N–H and O–H groups in total. The molecule has 1 aromatic rings. The first kappa shape index (κ1) is 13.4. The highest BCUT2D eigenvalue weighted by Gasteiger charge is 2.18. The fourth-order valence-corrected chi connectivity index (χ4v) is 2.58. The average molecular weight is 279 g/mol. The van der Waals surface area contributed by atoms with Gasteiger partial charge in [0.05, 0.1) is 9.92 Å². The molecule has 1 aromatic carbocycles. The van der Waals surface area contributed by atoms with Gasteiger partial charge in [-0.15, -0.1) is 0 Å². The van der Waals surface area contributed by atoms with Gasteiger partial charge in [0.1, 0.15) is 4.99 Å². The third-order valence-corrected chi connectivity index (χ3v) is 4.33. The number of nitrogens with two attached hydrogens (primary N) is 1. The number of nitrogens with zero attached hydrogens (tertiary/aromatic N) is 1. The molecule has 0 fully saturated rings. The molecule has 0 saturated carbocycles. The summed E-state index contributed by atoms with van der Waals surface area (Å²) < 4.78 is 24.6. The van der Waals surface area contributed by atoms with Gasteiger partial charge < -0.3 is 5.73 Å². The zero-order valence-electron chi connectivity index (χ0n) is 8.77. The van der Waals surface area contributed by atoms with Gasteiger partial charge in [-0.05, 0) is 18.2 Å². The second kappa shape index (κ2) is 4.67. The van der Waals surface area contributed by atoms with Crippen LogP contribution in [-0.2, 0) is 10.0 Å². The van der Waals surface area contributed by atoms with Crippen LogP contribution in [0.15, 0.2) is 23.1 Å². The highest BCUT2D eigenvalue weighted by molar-refractivity contribution is 7.89. The number of hydrogen-bond donors (Lipinski definition) is 1. The predicted octanol–water partition coefficient (Wildman–Crippen LogP) is 1.22. The van der Waals surface area contributed by atoms with Crippen molar-refractivity contribution in [2.45, 2.75) is 4.90 Å². The van der Waals surface area contributed by atoms with Crippen molar-refractivity contribution >= 4 is 38.8 Å². The van der Waals surface area contributed by atoms with E-state index < -0.39 is 10.0 Å². The van der Waals surface area contributed by atoms with E-state index in [0.29, 0.717) is 5.56 Å². The Hall–Kier alpha value is -0.690. The summed E-state index contributed by atoms with van der Waals surface area (Å²) in [6, 6.07) is 4.27. The monoisotopic (exact) mass is 278 g/mol. The van der Waals surface area contributed by atoms with E-state index in [1.165, 1.54) is 32.3 Å². The third kappa shape index (κ3) is 2.52. The lowest BCUT2D eigenvalue weighted by atomic mass is 10.2. The van der Waals surface area contributed by atoms with Gasteiger partial charge in [0, 0.05) is 19.7 Å². The lowest BCUT2D eigenvalue weighted by molar-refractivity contribution is 0.521. The van der Waals surface area contributed by atoms with Gasteiger partial charge in [0.2, 0.25) is 10.0 Å². The Bertz CT molecular complexity index is 526. The Morgan fingerprint density at radius 1 is 1.44 bits per heavy atom. The van der Waals surface area contributed by atoms with Gasteiger partial charge >= 0.3 is 0 Å². The normalized spacial score (nSPS) is 11.8. The van der Waals surface area contributed by atoms with Crippen LogP contribution in [0.1, 0.15) is 5.56 Å². The van der Waals surface area contributed by atoms with Gasteiger partial charge in [-0.25, -0.2) is 12.7 Å². The number of sulfonamides is 1. The Balaban J connectivity index is 3.32. The maximum atomic E-state index is 11.8. The molecule has 16 heavy (non-hydrogen) atoms. The molecule has 0 bridgehead atoms. The van der Waals surface area contributed by atoms with Crippen molar-refractivity contribution in [3.63, 3.8) is 0 Å². The van der Waals surface area contributed by atoms with Crippen LogP contribution in [0, 0.1) is 0 Å². The minimum atomic E-state index is -3.48. The molecule has 88 valence electrons. The van der Waals surface area contributed by atoms with Crippen molar-refractivity contribution in [1.29, 1.82) is 0 Å². The van der Waals surface area contributed by atoms with Gasteiger partial charge in [0.25, 0.3) is 0 Å². The van der Waals surface area contributed by atoms with Crippen LogP contribution in [-0.4, -0.2) is 31.8 Å². The summed E-state index contributed by atoms with van der Waals surface area (Å²) in [5.41, 5.74) is 5.89. The molecule has 0 atom stereocenters. The zero-order valence-corrected chi connectivity index (χ0v) is 11.2. The zero-order chi connectivity index (χ0) is 12.5. The molecule has 7 heteroatoms. The summed E-state index contributed by atoms with van der Waals surface area (Å²) in [6.45, 7) is 0. The first-order valence-corrected chi connectivity index (χ1v) is 6.51. The average Bonchev–Trinajstić information content (AvgIpc) is 2.16. The summed E-state index contributed by atoms with van der Waals surface area (Å²) in [7, 11) is -0.579. The van der Waals surface area contributed by atoms with Crippen molar-refractivity contribution in [3.8, 4) is 0 Å². The molecule has 0 aromatic heterocycles. The van der Waals surface area contributed by atoms with Crippen LogP contribution in [0.5, 0.6) is 0 Å². The van der Waals surface area contributed by atoms with E-state index >= 15 is 0 Å². The molecule has 0 unspecified atom stereocenters. The Morgan fingerprint density at radius 3 is 2.38 bits per heavy atom. The quantitative estimate of drug-likeness (QED) is 0.845. The van der Waals surface area contributed by atoms with E-state index in [1.807, 2.05) is 0 Å². The maximum Gasteiger partial charge on any atom is 0.242 e. The third-order valence-electron chi connectivity index (χ3n) is 1.98. The molecular weight excluding hydrogens is 268 g/mol. The number of thiocarbonyl (C=S) groups is 1. The number of hydrogen-bond acceptors (Lipinski definition) is 3.